The summed E-state index contributed by atoms with van der Waals surface area (Å²) in [4.78, 5) is 41.6. The Hall–Kier alpha value is -3.91. The van der Waals surface area contributed by atoms with E-state index in [1.165, 1.54) is 26.3 Å². The van der Waals surface area contributed by atoms with E-state index < -0.39 is 55.5 Å². The molecular weight excluding hydrogens is 577 g/mol. The van der Waals surface area contributed by atoms with Crippen molar-refractivity contribution in [2.45, 2.75) is 57.5 Å². The Labute approximate surface area is 246 Å². The first-order valence-corrected chi connectivity index (χ1v) is 13.6. The highest BCUT2D eigenvalue weighted by Crippen LogP contribution is 2.30. The van der Waals surface area contributed by atoms with E-state index in [-0.39, 0.29) is 49.4 Å². The van der Waals surface area contributed by atoms with Gasteiger partial charge in [0, 0.05) is 38.1 Å². The van der Waals surface area contributed by atoms with Gasteiger partial charge in [-0.1, -0.05) is 30.3 Å². The number of aromatic nitrogens is 1. The van der Waals surface area contributed by atoms with Gasteiger partial charge in [0.2, 0.25) is 6.79 Å². The number of carbonyl (C=O) groups excluding carboxylic acids is 3. The number of esters is 2. The van der Waals surface area contributed by atoms with Crippen LogP contribution in [0.1, 0.15) is 42.7 Å². The average Bonchev–Trinajstić information content (AvgIpc) is 3.00. The number of hydrogen-bond donors (Lipinski definition) is 1. The van der Waals surface area contributed by atoms with Crippen LogP contribution < -0.4 is 14.8 Å². The lowest BCUT2D eigenvalue weighted by molar-refractivity contribution is -0.162. The van der Waals surface area contributed by atoms with E-state index in [1.807, 2.05) is 30.3 Å². The molecule has 11 nitrogen and oxygen atoms in total. The largest absolute Gasteiger partial charge is 0.493 e. The van der Waals surface area contributed by atoms with Gasteiger partial charge < -0.3 is 33.7 Å². The molecule has 1 amide bonds. The molecule has 1 aliphatic rings. The fourth-order valence-electron chi connectivity index (χ4n) is 4.46. The van der Waals surface area contributed by atoms with Gasteiger partial charge in [-0.15, -0.1) is 0 Å². The molecular formula is C29H35F3N2O9. The highest BCUT2D eigenvalue weighted by atomic mass is 19.4. The van der Waals surface area contributed by atoms with Crippen LogP contribution in [0.2, 0.25) is 0 Å². The third-order valence-corrected chi connectivity index (χ3v) is 6.46. The lowest BCUT2D eigenvalue weighted by atomic mass is 9.91. The van der Waals surface area contributed by atoms with Crippen molar-refractivity contribution in [2.24, 2.45) is 5.92 Å². The van der Waals surface area contributed by atoms with Crippen molar-refractivity contribution < 1.29 is 56.0 Å². The molecule has 2 heterocycles. The Morgan fingerprint density at radius 2 is 1.88 bits per heavy atom. The van der Waals surface area contributed by atoms with Gasteiger partial charge in [0.1, 0.15) is 6.10 Å². The first-order valence-electron chi connectivity index (χ1n) is 13.6. The molecule has 3 rings (SSSR count). The summed E-state index contributed by atoms with van der Waals surface area (Å²) in [5.41, 5.74) is 0.688. The maximum Gasteiger partial charge on any atom is 0.389 e. The number of pyridine rings is 1. The molecule has 0 bridgehead atoms. The SMILES string of the molecule is COc1ccnc(C(=O)NC2COCC(Cc3ccccc3)C(OCCCC(F)(F)F)C(C)OC2=O)c1OCOC(C)=O. The number of alkyl halides is 3. The van der Waals surface area contributed by atoms with Gasteiger partial charge in [0.25, 0.3) is 5.91 Å². The van der Waals surface area contributed by atoms with E-state index in [0.29, 0.717) is 6.42 Å². The van der Waals surface area contributed by atoms with Crippen molar-refractivity contribution >= 4 is 17.8 Å². The number of amides is 1. The van der Waals surface area contributed by atoms with Crippen molar-refractivity contribution in [3.8, 4) is 11.5 Å². The minimum absolute atomic E-state index is 0.0698. The Morgan fingerprint density at radius 3 is 2.56 bits per heavy atom. The molecule has 0 radical (unpaired) electrons. The molecule has 236 valence electrons. The monoisotopic (exact) mass is 612 g/mol. The van der Waals surface area contributed by atoms with Gasteiger partial charge >= 0.3 is 18.1 Å². The number of hydrogen-bond acceptors (Lipinski definition) is 10. The summed E-state index contributed by atoms with van der Waals surface area (Å²) in [6.45, 7) is 1.85. The summed E-state index contributed by atoms with van der Waals surface area (Å²) in [6.07, 6.45) is -5.51. The molecule has 1 aromatic carbocycles. The molecule has 2 aromatic rings. The molecule has 1 N–H and O–H groups in total. The summed E-state index contributed by atoms with van der Waals surface area (Å²) in [5, 5.41) is 2.53. The molecule has 1 aromatic heterocycles. The highest BCUT2D eigenvalue weighted by Gasteiger charge is 2.36. The zero-order valence-corrected chi connectivity index (χ0v) is 24.1. The van der Waals surface area contributed by atoms with Gasteiger partial charge in [-0.25, -0.2) is 9.78 Å². The van der Waals surface area contributed by atoms with Crippen LogP contribution >= 0.6 is 0 Å². The number of rotatable bonds is 12. The Kier molecular flexibility index (Phi) is 12.6. The summed E-state index contributed by atoms with van der Waals surface area (Å²) >= 11 is 0. The van der Waals surface area contributed by atoms with Gasteiger partial charge in [-0.05, 0) is 25.3 Å². The van der Waals surface area contributed by atoms with Crippen LogP contribution in [0.3, 0.4) is 0 Å². The lowest BCUT2D eigenvalue weighted by Gasteiger charge is -2.31. The standard InChI is InChI=1S/C29H35F3N2O9/c1-18-25(40-13-7-11-29(30,31)32)21(14-20-8-5-4-6-9-20)15-39-16-22(28(37)43-18)34-27(36)24-26(42-17-41-19(2)35)23(38-3)10-12-33-24/h4-6,8-10,12,18,21-22,25H,7,11,13-17H2,1-3H3,(H,34,36). The third kappa shape index (κ3) is 10.7. The Bertz CT molecular complexity index is 1210. The predicted octanol–water partition coefficient (Wildman–Crippen LogP) is 3.64. The topological polar surface area (TPSA) is 132 Å². The number of methoxy groups -OCH3 is 1. The normalized spacial score (nSPS) is 21.0. The predicted molar refractivity (Wildman–Crippen MR) is 144 cm³/mol. The highest BCUT2D eigenvalue weighted by molar-refractivity contribution is 5.98. The maximum atomic E-state index is 13.2. The molecule has 0 saturated carbocycles. The zero-order chi connectivity index (χ0) is 31.4. The minimum atomic E-state index is -4.32. The molecule has 4 atom stereocenters. The molecule has 4 unspecified atom stereocenters. The van der Waals surface area contributed by atoms with Crippen molar-refractivity contribution in [2.75, 3.05) is 33.7 Å². The first kappa shape index (κ1) is 33.6. The number of carbonyl (C=O) groups is 3. The molecule has 1 aliphatic heterocycles. The third-order valence-electron chi connectivity index (χ3n) is 6.46. The fourth-order valence-corrected chi connectivity index (χ4v) is 4.46. The number of ether oxygens (including phenoxy) is 6. The van der Waals surface area contributed by atoms with E-state index in [0.717, 1.165) is 5.56 Å². The van der Waals surface area contributed by atoms with Gasteiger partial charge in [0.05, 0.1) is 26.4 Å². The molecule has 1 saturated heterocycles. The van der Waals surface area contributed by atoms with Crippen LogP contribution in [0, 0.1) is 5.92 Å². The molecule has 0 spiro atoms. The van der Waals surface area contributed by atoms with Crippen molar-refractivity contribution in [3.63, 3.8) is 0 Å². The van der Waals surface area contributed by atoms with Gasteiger partial charge in [-0.2, -0.15) is 13.2 Å². The van der Waals surface area contributed by atoms with E-state index in [9.17, 15) is 27.6 Å². The van der Waals surface area contributed by atoms with Crippen LogP contribution in [-0.2, 0) is 35.0 Å². The second kappa shape index (κ2) is 16.1. The van der Waals surface area contributed by atoms with Crippen molar-refractivity contribution in [1.82, 2.24) is 10.3 Å². The molecule has 43 heavy (non-hydrogen) atoms. The second-order valence-corrected chi connectivity index (χ2v) is 9.80. The summed E-state index contributed by atoms with van der Waals surface area (Å²) in [5.74, 6) is -2.65. The number of benzene rings is 1. The second-order valence-electron chi connectivity index (χ2n) is 9.80. The van der Waals surface area contributed by atoms with E-state index >= 15 is 0 Å². The maximum absolute atomic E-state index is 13.2. The lowest BCUT2D eigenvalue weighted by Crippen LogP contribution is -2.46. The van der Waals surface area contributed by atoms with Crippen LogP contribution in [0.4, 0.5) is 13.2 Å². The fraction of sp³-hybridized carbons (Fsp3) is 0.517. The van der Waals surface area contributed by atoms with Gasteiger partial charge in [-0.3, -0.25) is 9.59 Å². The van der Waals surface area contributed by atoms with Crippen LogP contribution in [0.25, 0.3) is 0 Å². The number of nitrogens with one attached hydrogen (secondary N) is 1. The van der Waals surface area contributed by atoms with Crippen molar-refractivity contribution in [3.05, 3.63) is 53.9 Å². The number of halogens is 3. The number of nitrogens with zero attached hydrogens (tertiary/aromatic N) is 1. The van der Waals surface area contributed by atoms with Crippen LogP contribution in [0.5, 0.6) is 11.5 Å². The van der Waals surface area contributed by atoms with Crippen LogP contribution in [-0.4, -0.2) is 81.0 Å². The van der Waals surface area contributed by atoms with E-state index in [2.05, 4.69) is 10.3 Å². The smallest absolute Gasteiger partial charge is 0.389 e. The molecule has 1 fully saturated rings. The molecule has 14 heteroatoms. The van der Waals surface area contributed by atoms with Gasteiger partial charge in [0.15, 0.2) is 23.2 Å². The summed E-state index contributed by atoms with van der Waals surface area (Å²) in [6, 6.07) is 9.53. The number of cyclic esters (lactones) is 1. The Balaban J connectivity index is 1.77. The minimum Gasteiger partial charge on any atom is -0.493 e. The summed E-state index contributed by atoms with van der Waals surface area (Å²) in [7, 11) is 1.34. The summed E-state index contributed by atoms with van der Waals surface area (Å²) < 4.78 is 70.9. The Morgan fingerprint density at radius 1 is 1.14 bits per heavy atom. The average molecular weight is 613 g/mol. The first-order chi connectivity index (χ1) is 20.5. The van der Waals surface area contributed by atoms with E-state index in [4.69, 9.17) is 28.4 Å². The molecule has 0 aliphatic carbocycles. The van der Waals surface area contributed by atoms with Crippen molar-refractivity contribution in [1.29, 1.82) is 0 Å². The van der Waals surface area contributed by atoms with E-state index in [1.54, 1.807) is 6.92 Å². The quantitative estimate of drug-likeness (QED) is 0.215. The zero-order valence-electron chi connectivity index (χ0n) is 24.1. The van der Waals surface area contributed by atoms with Crippen LogP contribution in [0.15, 0.2) is 42.6 Å².